The van der Waals surface area contributed by atoms with Crippen molar-refractivity contribution in [3.8, 4) is 0 Å². The SMILES string of the molecule is C=Cc1c2nc(c(C(=O)O)c3ccc(cc4nc(cc5ccc1[nH]5)CC4C=C)[nH]3)C(C(=O)O)=C2. The van der Waals surface area contributed by atoms with Crippen LogP contribution in [0.4, 0.5) is 0 Å². The molecule has 2 aliphatic rings. The van der Waals surface area contributed by atoms with E-state index in [0.29, 0.717) is 28.7 Å². The Hall–Kier alpha value is -4.72. The minimum atomic E-state index is -1.30. The average molecular weight is 452 g/mol. The van der Waals surface area contributed by atoms with Gasteiger partial charge in [-0.1, -0.05) is 18.7 Å². The molecule has 0 aromatic carbocycles. The van der Waals surface area contributed by atoms with Crippen LogP contribution in [-0.2, 0) is 11.2 Å². The van der Waals surface area contributed by atoms with Crippen LogP contribution in [0.2, 0.25) is 0 Å². The van der Waals surface area contributed by atoms with E-state index in [1.807, 2.05) is 30.3 Å². The molecular weight excluding hydrogens is 432 g/mol. The Morgan fingerprint density at radius 2 is 1.68 bits per heavy atom. The molecule has 2 aliphatic heterocycles. The summed E-state index contributed by atoms with van der Waals surface area (Å²) >= 11 is 0. The van der Waals surface area contributed by atoms with Gasteiger partial charge in [-0.15, -0.1) is 6.58 Å². The third kappa shape index (κ3) is 3.51. The standard InChI is InChI=1S/C26H20N4O4/c1-3-13-9-16-10-14-5-7-19(27-14)17(4-2)22-12-18(25(31)32)24(30-22)23(26(33)34)20-8-6-15(28-20)11-21(13)29-16/h3-8,10-13,27-28H,1-2,9H2,(H,31,32)(H,33,34). The van der Waals surface area contributed by atoms with Gasteiger partial charge in [0.15, 0.2) is 0 Å². The topological polar surface area (TPSA) is 132 Å². The van der Waals surface area contributed by atoms with E-state index in [1.54, 1.807) is 18.2 Å². The van der Waals surface area contributed by atoms with Gasteiger partial charge in [0, 0.05) is 45.8 Å². The summed E-state index contributed by atoms with van der Waals surface area (Å²) in [7, 11) is 0. The predicted molar refractivity (Wildman–Crippen MR) is 130 cm³/mol. The van der Waals surface area contributed by atoms with Gasteiger partial charge in [-0.25, -0.2) is 14.6 Å². The van der Waals surface area contributed by atoms with Gasteiger partial charge in [0.25, 0.3) is 0 Å². The summed E-state index contributed by atoms with van der Waals surface area (Å²) in [4.78, 5) is 39.8. The molecule has 0 spiro atoms. The number of hydrogen-bond donors (Lipinski definition) is 4. The van der Waals surface area contributed by atoms with Crippen molar-refractivity contribution in [3.63, 3.8) is 0 Å². The number of hydrogen-bond acceptors (Lipinski definition) is 4. The van der Waals surface area contributed by atoms with Crippen molar-refractivity contribution < 1.29 is 19.8 Å². The van der Waals surface area contributed by atoms with Crippen molar-refractivity contribution in [1.82, 2.24) is 19.9 Å². The summed E-state index contributed by atoms with van der Waals surface area (Å²) in [6.45, 7) is 7.77. The quantitative estimate of drug-likeness (QED) is 0.421. The molecule has 3 aromatic heterocycles. The smallest absolute Gasteiger partial charge is 0.340 e. The van der Waals surface area contributed by atoms with E-state index in [2.05, 4.69) is 28.1 Å². The van der Waals surface area contributed by atoms with E-state index < -0.39 is 11.9 Å². The lowest BCUT2D eigenvalue weighted by atomic mass is 10.0. The summed E-state index contributed by atoms with van der Waals surface area (Å²) in [5.74, 6) is -2.56. The van der Waals surface area contributed by atoms with Crippen molar-refractivity contribution in [2.24, 2.45) is 0 Å². The molecule has 8 nitrogen and oxygen atoms in total. The lowest BCUT2D eigenvalue weighted by Crippen LogP contribution is -2.06. The maximum Gasteiger partial charge on any atom is 0.340 e. The first-order valence-electron chi connectivity index (χ1n) is 10.5. The third-order valence-corrected chi connectivity index (χ3v) is 5.90. The molecule has 1 unspecified atom stereocenters. The zero-order valence-electron chi connectivity index (χ0n) is 18.0. The van der Waals surface area contributed by atoms with Crippen LogP contribution in [-0.4, -0.2) is 42.1 Å². The number of carbonyl (C=O) groups is 2. The zero-order chi connectivity index (χ0) is 24.0. The van der Waals surface area contributed by atoms with E-state index in [9.17, 15) is 19.8 Å². The average Bonchev–Trinajstić information content (AvgIpc) is 3.57. The fourth-order valence-corrected chi connectivity index (χ4v) is 4.30. The number of allylic oxidation sites excluding steroid dienone is 1. The van der Waals surface area contributed by atoms with Gasteiger partial charge in [0.05, 0.1) is 22.5 Å². The number of aliphatic carboxylic acids is 1. The fraction of sp³-hybridized carbons (Fsp3) is 0.0769. The Balaban J connectivity index is 1.98. The van der Waals surface area contributed by atoms with E-state index in [0.717, 1.165) is 16.9 Å². The summed E-state index contributed by atoms with van der Waals surface area (Å²) in [5, 5.41) is 19.8. The summed E-state index contributed by atoms with van der Waals surface area (Å²) in [6.07, 6.45) is 5.45. The van der Waals surface area contributed by atoms with Crippen LogP contribution in [0.25, 0.3) is 39.8 Å². The minimum Gasteiger partial charge on any atom is -0.478 e. The van der Waals surface area contributed by atoms with E-state index in [-0.39, 0.29) is 28.3 Å². The van der Waals surface area contributed by atoms with Crippen LogP contribution in [0.5, 0.6) is 0 Å². The van der Waals surface area contributed by atoms with E-state index in [1.165, 1.54) is 6.08 Å². The summed E-state index contributed by atoms with van der Waals surface area (Å²) in [6, 6.07) is 10.8. The number of rotatable bonds is 4. The van der Waals surface area contributed by atoms with Gasteiger partial charge in [-0.05, 0) is 42.5 Å². The second kappa shape index (κ2) is 8.00. The second-order valence-corrected chi connectivity index (χ2v) is 8.02. The molecule has 4 N–H and O–H groups in total. The highest BCUT2D eigenvalue weighted by Crippen LogP contribution is 2.30. The Labute approximate surface area is 193 Å². The molecule has 0 saturated heterocycles. The van der Waals surface area contributed by atoms with E-state index >= 15 is 0 Å². The zero-order valence-corrected chi connectivity index (χ0v) is 18.0. The van der Waals surface area contributed by atoms with Gasteiger partial charge in [0.2, 0.25) is 0 Å². The molecule has 0 saturated carbocycles. The van der Waals surface area contributed by atoms with Crippen molar-refractivity contribution in [1.29, 1.82) is 0 Å². The number of carboxylic acid groups (broad SMARTS) is 2. The second-order valence-electron chi connectivity index (χ2n) is 8.02. The van der Waals surface area contributed by atoms with Gasteiger partial charge in [-0.2, -0.15) is 0 Å². The van der Waals surface area contributed by atoms with Gasteiger partial charge in [0.1, 0.15) is 5.56 Å². The van der Waals surface area contributed by atoms with Crippen LogP contribution in [0.3, 0.4) is 0 Å². The maximum atomic E-state index is 12.3. The number of nitrogens with zero attached hydrogens (tertiary/aromatic N) is 2. The maximum absolute atomic E-state index is 12.3. The molecular formula is C26H20N4O4. The molecule has 168 valence electrons. The van der Waals surface area contributed by atoms with E-state index in [4.69, 9.17) is 4.98 Å². The first kappa shape index (κ1) is 21.1. The molecule has 34 heavy (non-hydrogen) atoms. The molecule has 3 aromatic rings. The fourth-order valence-electron chi connectivity index (χ4n) is 4.30. The van der Waals surface area contributed by atoms with Crippen LogP contribution in [0.15, 0.2) is 55.6 Å². The van der Waals surface area contributed by atoms with Crippen LogP contribution >= 0.6 is 0 Å². The Bertz CT molecular complexity index is 1590. The molecule has 8 bridgehead atoms. The number of nitrogens with one attached hydrogen (secondary N) is 2. The lowest BCUT2D eigenvalue weighted by molar-refractivity contribution is -0.130. The highest BCUT2D eigenvalue weighted by molar-refractivity contribution is 6.24. The van der Waals surface area contributed by atoms with Crippen molar-refractivity contribution >= 4 is 51.7 Å². The molecule has 0 aliphatic carbocycles. The number of H-pyrrole nitrogens is 2. The number of fused-ring (bicyclic) bond motifs is 8. The largest absolute Gasteiger partial charge is 0.478 e. The summed E-state index contributed by atoms with van der Waals surface area (Å²) in [5.41, 5.74) is 4.31. The van der Waals surface area contributed by atoms with Gasteiger partial charge >= 0.3 is 11.9 Å². The van der Waals surface area contributed by atoms with Crippen molar-refractivity contribution in [2.45, 2.75) is 12.3 Å². The predicted octanol–water partition coefficient (Wildman–Crippen LogP) is 4.79. The Morgan fingerprint density at radius 3 is 2.35 bits per heavy atom. The third-order valence-electron chi connectivity index (χ3n) is 5.90. The molecule has 1 atom stereocenters. The summed E-state index contributed by atoms with van der Waals surface area (Å²) < 4.78 is 0. The van der Waals surface area contributed by atoms with Gasteiger partial charge in [-0.3, -0.25) is 4.98 Å². The molecule has 8 heteroatoms. The molecule has 0 radical (unpaired) electrons. The first-order chi connectivity index (χ1) is 16.4. The first-order valence-corrected chi connectivity index (χ1v) is 10.5. The number of carboxylic acids is 2. The van der Waals surface area contributed by atoms with Gasteiger partial charge < -0.3 is 20.2 Å². The highest BCUT2D eigenvalue weighted by Gasteiger charge is 2.26. The highest BCUT2D eigenvalue weighted by atomic mass is 16.4. The van der Waals surface area contributed by atoms with Crippen molar-refractivity contribution in [3.05, 3.63) is 89.5 Å². The molecule has 0 amide bonds. The minimum absolute atomic E-state index is 0.0128. The molecule has 0 fully saturated rings. The number of aromatic nitrogens is 4. The number of aromatic carboxylic acids is 1. The molecule has 5 heterocycles. The van der Waals surface area contributed by atoms with Crippen LogP contribution in [0, 0.1) is 0 Å². The van der Waals surface area contributed by atoms with Crippen molar-refractivity contribution in [2.75, 3.05) is 0 Å². The van der Waals surface area contributed by atoms with Crippen LogP contribution < -0.4 is 0 Å². The monoisotopic (exact) mass is 452 g/mol. The number of aromatic amines is 2. The molecule has 5 rings (SSSR count). The normalized spacial score (nSPS) is 14.9. The Kier molecular flexibility index (Phi) is 4.98. The van der Waals surface area contributed by atoms with Crippen LogP contribution in [0.1, 0.15) is 44.6 Å². The Morgan fingerprint density at radius 1 is 0.971 bits per heavy atom. The lowest BCUT2D eigenvalue weighted by Gasteiger charge is -2.01.